The van der Waals surface area contributed by atoms with Crippen molar-refractivity contribution in [2.45, 2.75) is 20.0 Å². The van der Waals surface area contributed by atoms with Crippen LogP contribution < -0.4 is 15.9 Å². The zero-order chi connectivity index (χ0) is 15.3. The summed E-state index contributed by atoms with van der Waals surface area (Å²) in [5.41, 5.74) is -1.42. The molecule has 0 spiro atoms. The molecule has 2 aromatic heterocycles. The standard InChI is InChI=1S/C13H14N4O4/c1-3-16-6-7(12(20)21)9(18)8-10(16)14-13-15(2)4-5-17(13)11(8)19/h6H,3-5H2,1-2H3,(H,20,21). The minimum Gasteiger partial charge on any atom is -0.477 e. The highest BCUT2D eigenvalue weighted by atomic mass is 16.4. The molecule has 3 heterocycles. The summed E-state index contributed by atoms with van der Waals surface area (Å²) in [7, 11) is 1.82. The van der Waals surface area contributed by atoms with Gasteiger partial charge in [0.05, 0.1) is 0 Å². The highest BCUT2D eigenvalue weighted by Crippen LogP contribution is 2.17. The minimum absolute atomic E-state index is 0.157. The Morgan fingerprint density at radius 1 is 1.38 bits per heavy atom. The Morgan fingerprint density at radius 3 is 2.71 bits per heavy atom. The van der Waals surface area contributed by atoms with Crippen molar-refractivity contribution in [2.24, 2.45) is 0 Å². The number of carboxylic acid groups (broad SMARTS) is 1. The van der Waals surface area contributed by atoms with E-state index in [1.54, 1.807) is 6.92 Å². The van der Waals surface area contributed by atoms with Crippen LogP contribution in [0.25, 0.3) is 11.0 Å². The van der Waals surface area contributed by atoms with Gasteiger partial charge in [0.2, 0.25) is 11.4 Å². The van der Waals surface area contributed by atoms with E-state index in [-0.39, 0.29) is 11.0 Å². The molecule has 0 bridgehead atoms. The van der Waals surface area contributed by atoms with Gasteiger partial charge in [-0.3, -0.25) is 14.2 Å². The molecule has 110 valence electrons. The smallest absolute Gasteiger partial charge is 0.341 e. The maximum absolute atomic E-state index is 12.5. The van der Waals surface area contributed by atoms with Crippen LogP contribution in [0.15, 0.2) is 15.8 Å². The largest absolute Gasteiger partial charge is 0.477 e. The average Bonchev–Trinajstić information content (AvgIpc) is 2.81. The summed E-state index contributed by atoms with van der Waals surface area (Å²) >= 11 is 0. The van der Waals surface area contributed by atoms with E-state index in [1.165, 1.54) is 15.3 Å². The number of pyridine rings is 1. The summed E-state index contributed by atoms with van der Waals surface area (Å²) in [6.07, 6.45) is 1.24. The van der Waals surface area contributed by atoms with Gasteiger partial charge in [-0.05, 0) is 6.92 Å². The number of carbonyl (C=O) groups is 1. The topological polar surface area (TPSA) is 97.4 Å². The lowest BCUT2D eigenvalue weighted by Crippen LogP contribution is -2.30. The molecular weight excluding hydrogens is 276 g/mol. The molecule has 0 amide bonds. The fraction of sp³-hybridized carbons (Fsp3) is 0.385. The Hall–Kier alpha value is -2.64. The summed E-state index contributed by atoms with van der Waals surface area (Å²) in [5, 5.41) is 8.96. The molecule has 0 atom stereocenters. The third-order valence-electron chi connectivity index (χ3n) is 3.73. The number of carboxylic acids is 1. The highest BCUT2D eigenvalue weighted by molar-refractivity contribution is 5.91. The molecule has 21 heavy (non-hydrogen) atoms. The SMILES string of the molecule is CCn1cc(C(=O)O)c(=O)c2c(=O)n3c(nc21)N(C)CC3. The summed E-state index contributed by atoms with van der Waals surface area (Å²) in [5.74, 6) is -0.844. The van der Waals surface area contributed by atoms with Gasteiger partial charge in [0.25, 0.3) is 5.56 Å². The molecule has 0 aromatic carbocycles. The van der Waals surface area contributed by atoms with E-state index >= 15 is 0 Å². The van der Waals surface area contributed by atoms with Crippen molar-refractivity contribution in [3.05, 3.63) is 32.3 Å². The lowest BCUT2D eigenvalue weighted by atomic mass is 10.2. The molecule has 3 rings (SSSR count). The summed E-state index contributed by atoms with van der Waals surface area (Å²) < 4.78 is 2.93. The Bertz CT molecular complexity index is 880. The van der Waals surface area contributed by atoms with E-state index in [9.17, 15) is 14.4 Å². The van der Waals surface area contributed by atoms with Crippen LogP contribution in [0.4, 0.5) is 5.95 Å². The first-order chi connectivity index (χ1) is 9.95. The van der Waals surface area contributed by atoms with E-state index < -0.39 is 22.5 Å². The summed E-state index contributed by atoms with van der Waals surface area (Å²) in [6.45, 7) is 3.28. The molecular formula is C13H14N4O4. The second-order valence-electron chi connectivity index (χ2n) is 4.95. The molecule has 2 aromatic rings. The van der Waals surface area contributed by atoms with E-state index in [0.29, 0.717) is 25.6 Å². The van der Waals surface area contributed by atoms with Crippen molar-refractivity contribution in [1.82, 2.24) is 14.1 Å². The fourth-order valence-electron chi connectivity index (χ4n) is 2.59. The Labute approximate surface area is 118 Å². The number of anilines is 1. The van der Waals surface area contributed by atoms with Crippen molar-refractivity contribution in [3.8, 4) is 0 Å². The van der Waals surface area contributed by atoms with E-state index in [0.717, 1.165) is 0 Å². The van der Waals surface area contributed by atoms with Crippen LogP contribution in [0.5, 0.6) is 0 Å². The zero-order valence-corrected chi connectivity index (χ0v) is 11.7. The summed E-state index contributed by atoms with van der Waals surface area (Å²) in [6, 6.07) is 0. The van der Waals surface area contributed by atoms with Crippen LogP contribution >= 0.6 is 0 Å². The van der Waals surface area contributed by atoms with Gasteiger partial charge in [0.1, 0.15) is 10.9 Å². The minimum atomic E-state index is -1.34. The molecule has 0 fully saturated rings. The molecule has 1 aliphatic heterocycles. The molecule has 8 heteroatoms. The predicted octanol–water partition coefficient (Wildman–Crippen LogP) is -0.274. The highest BCUT2D eigenvalue weighted by Gasteiger charge is 2.24. The van der Waals surface area contributed by atoms with Gasteiger partial charge in [0.15, 0.2) is 5.65 Å². The molecule has 0 unspecified atom stereocenters. The van der Waals surface area contributed by atoms with Gasteiger partial charge in [0, 0.05) is 32.9 Å². The first-order valence-corrected chi connectivity index (χ1v) is 6.58. The predicted molar refractivity (Wildman–Crippen MR) is 76.2 cm³/mol. The van der Waals surface area contributed by atoms with Crippen molar-refractivity contribution in [1.29, 1.82) is 0 Å². The normalized spacial score (nSPS) is 13.7. The number of aryl methyl sites for hydroxylation is 1. The molecule has 0 saturated heterocycles. The Kier molecular flexibility index (Phi) is 2.82. The van der Waals surface area contributed by atoms with Crippen molar-refractivity contribution in [3.63, 3.8) is 0 Å². The van der Waals surface area contributed by atoms with Gasteiger partial charge in [-0.1, -0.05) is 0 Å². The van der Waals surface area contributed by atoms with Gasteiger partial charge < -0.3 is 14.6 Å². The quantitative estimate of drug-likeness (QED) is 0.817. The van der Waals surface area contributed by atoms with Crippen LogP contribution in [0.1, 0.15) is 17.3 Å². The van der Waals surface area contributed by atoms with Crippen LogP contribution in [0.3, 0.4) is 0 Å². The lowest BCUT2D eigenvalue weighted by molar-refractivity contribution is 0.0695. The van der Waals surface area contributed by atoms with E-state index in [2.05, 4.69) is 4.98 Å². The number of hydrogen-bond acceptors (Lipinski definition) is 5. The van der Waals surface area contributed by atoms with Crippen molar-refractivity contribution >= 4 is 23.0 Å². The number of nitrogens with zero attached hydrogens (tertiary/aromatic N) is 4. The summed E-state index contributed by atoms with van der Waals surface area (Å²) in [4.78, 5) is 42.2. The lowest BCUT2D eigenvalue weighted by Gasteiger charge is -2.13. The molecule has 0 aliphatic carbocycles. The molecule has 1 aliphatic rings. The van der Waals surface area contributed by atoms with Crippen LogP contribution in [0, 0.1) is 0 Å². The number of aromatic carboxylic acids is 1. The monoisotopic (exact) mass is 290 g/mol. The second-order valence-corrected chi connectivity index (χ2v) is 4.95. The Morgan fingerprint density at radius 2 is 2.10 bits per heavy atom. The first-order valence-electron chi connectivity index (χ1n) is 6.58. The zero-order valence-electron chi connectivity index (χ0n) is 11.7. The Balaban J connectivity index is 2.54. The van der Waals surface area contributed by atoms with E-state index in [1.807, 2.05) is 11.9 Å². The van der Waals surface area contributed by atoms with Crippen LogP contribution in [-0.2, 0) is 13.1 Å². The molecule has 8 nitrogen and oxygen atoms in total. The van der Waals surface area contributed by atoms with Gasteiger partial charge in [-0.2, -0.15) is 4.98 Å². The van der Waals surface area contributed by atoms with Crippen molar-refractivity contribution < 1.29 is 9.90 Å². The molecule has 0 saturated carbocycles. The molecule has 0 radical (unpaired) electrons. The van der Waals surface area contributed by atoms with Crippen molar-refractivity contribution in [2.75, 3.05) is 18.5 Å². The van der Waals surface area contributed by atoms with Gasteiger partial charge >= 0.3 is 5.97 Å². The number of fused-ring (bicyclic) bond motifs is 2. The third kappa shape index (κ3) is 1.75. The number of hydrogen-bond donors (Lipinski definition) is 1. The maximum Gasteiger partial charge on any atom is 0.341 e. The number of aromatic nitrogens is 3. The number of likely N-dealkylation sites (N-methyl/N-ethyl adjacent to an activating group) is 1. The maximum atomic E-state index is 12.5. The fourth-order valence-corrected chi connectivity index (χ4v) is 2.59. The third-order valence-corrected chi connectivity index (χ3v) is 3.73. The molecule has 1 N–H and O–H groups in total. The van der Waals surface area contributed by atoms with Gasteiger partial charge in [-0.15, -0.1) is 0 Å². The van der Waals surface area contributed by atoms with Crippen LogP contribution in [0.2, 0.25) is 0 Å². The number of rotatable bonds is 2. The first kappa shape index (κ1) is 13.3. The second kappa shape index (κ2) is 4.44. The average molecular weight is 290 g/mol. The van der Waals surface area contributed by atoms with E-state index in [4.69, 9.17) is 5.11 Å². The van der Waals surface area contributed by atoms with Gasteiger partial charge in [-0.25, -0.2) is 4.79 Å². The van der Waals surface area contributed by atoms with Crippen LogP contribution in [-0.4, -0.2) is 38.8 Å².